The van der Waals surface area contributed by atoms with E-state index in [9.17, 15) is 8.42 Å². The molecule has 25 heavy (non-hydrogen) atoms. The average molecular weight is 383 g/mol. The SMILES string of the molecule is CN(C)C(CNS(=O)(=O)c1ccc2c(c1)OCCCO2)c1ccsc1. The number of nitrogens with zero attached hydrogens (tertiary/aromatic N) is 1. The smallest absolute Gasteiger partial charge is 0.240 e. The number of thiophene rings is 1. The van der Waals surface area contributed by atoms with Gasteiger partial charge >= 0.3 is 0 Å². The number of hydrogen-bond donors (Lipinski definition) is 1. The van der Waals surface area contributed by atoms with E-state index in [0.29, 0.717) is 31.3 Å². The molecule has 1 atom stereocenters. The van der Waals surface area contributed by atoms with Gasteiger partial charge in [-0.25, -0.2) is 13.1 Å². The van der Waals surface area contributed by atoms with Gasteiger partial charge in [0, 0.05) is 25.1 Å². The molecule has 8 heteroatoms. The maximum Gasteiger partial charge on any atom is 0.240 e. The van der Waals surface area contributed by atoms with Crippen LogP contribution in [0, 0.1) is 0 Å². The lowest BCUT2D eigenvalue weighted by atomic mass is 10.1. The minimum absolute atomic E-state index is 0.0264. The normalized spacial score (nSPS) is 15.8. The summed E-state index contributed by atoms with van der Waals surface area (Å²) >= 11 is 1.60. The van der Waals surface area contributed by atoms with Gasteiger partial charge < -0.3 is 14.4 Å². The zero-order chi connectivity index (χ0) is 17.9. The van der Waals surface area contributed by atoms with Crippen LogP contribution in [0.4, 0.5) is 0 Å². The fraction of sp³-hybridized carbons (Fsp3) is 0.412. The van der Waals surface area contributed by atoms with Gasteiger partial charge in [0.25, 0.3) is 0 Å². The van der Waals surface area contributed by atoms with Gasteiger partial charge in [-0.15, -0.1) is 0 Å². The van der Waals surface area contributed by atoms with E-state index in [2.05, 4.69) is 4.72 Å². The molecule has 3 rings (SSSR count). The Kier molecular flexibility index (Phi) is 5.63. The van der Waals surface area contributed by atoms with E-state index in [0.717, 1.165) is 12.0 Å². The van der Waals surface area contributed by atoms with Gasteiger partial charge in [-0.05, 0) is 48.6 Å². The van der Waals surface area contributed by atoms with Gasteiger partial charge in [0.15, 0.2) is 11.5 Å². The fourth-order valence-corrected chi connectivity index (χ4v) is 4.41. The molecular formula is C17H22N2O4S2. The molecule has 0 saturated heterocycles. The van der Waals surface area contributed by atoms with E-state index in [1.807, 2.05) is 35.8 Å². The van der Waals surface area contributed by atoms with Crippen LogP contribution in [0.1, 0.15) is 18.0 Å². The summed E-state index contributed by atoms with van der Waals surface area (Å²) in [5.41, 5.74) is 1.09. The van der Waals surface area contributed by atoms with Crippen molar-refractivity contribution in [2.45, 2.75) is 17.4 Å². The highest BCUT2D eigenvalue weighted by molar-refractivity contribution is 7.89. The first-order valence-corrected chi connectivity index (χ1v) is 10.5. The molecule has 6 nitrogen and oxygen atoms in total. The number of ether oxygens (including phenoxy) is 2. The predicted molar refractivity (Wildman–Crippen MR) is 98.0 cm³/mol. The quantitative estimate of drug-likeness (QED) is 0.831. The number of sulfonamides is 1. The molecule has 136 valence electrons. The number of benzene rings is 1. The molecule has 0 spiro atoms. The molecule has 1 aromatic carbocycles. The lowest BCUT2D eigenvalue weighted by molar-refractivity contribution is 0.296. The van der Waals surface area contributed by atoms with Crippen molar-refractivity contribution in [1.29, 1.82) is 0 Å². The number of rotatable bonds is 6. The average Bonchev–Trinajstić information content (AvgIpc) is 2.98. The van der Waals surface area contributed by atoms with Gasteiger partial charge in [-0.2, -0.15) is 11.3 Å². The van der Waals surface area contributed by atoms with Crippen molar-refractivity contribution < 1.29 is 17.9 Å². The molecule has 0 saturated carbocycles. The van der Waals surface area contributed by atoms with E-state index in [1.165, 1.54) is 6.07 Å². The summed E-state index contributed by atoms with van der Waals surface area (Å²) in [4.78, 5) is 2.18. The van der Waals surface area contributed by atoms with Crippen molar-refractivity contribution in [3.8, 4) is 11.5 Å². The van der Waals surface area contributed by atoms with Gasteiger partial charge in [0.2, 0.25) is 10.0 Å². The summed E-state index contributed by atoms with van der Waals surface area (Å²) in [6, 6.07) is 6.71. The van der Waals surface area contributed by atoms with E-state index >= 15 is 0 Å². The van der Waals surface area contributed by atoms with Crippen molar-refractivity contribution in [2.24, 2.45) is 0 Å². The van der Waals surface area contributed by atoms with Crippen molar-refractivity contribution in [2.75, 3.05) is 33.9 Å². The maximum atomic E-state index is 12.7. The second-order valence-electron chi connectivity index (χ2n) is 6.05. The first-order valence-electron chi connectivity index (χ1n) is 8.05. The minimum Gasteiger partial charge on any atom is -0.490 e. The van der Waals surface area contributed by atoms with Crippen LogP contribution in [-0.2, 0) is 10.0 Å². The molecule has 0 fully saturated rings. The first kappa shape index (κ1) is 18.2. The fourth-order valence-electron chi connectivity index (χ4n) is 2.65. The highest BCUT2D eigenvalue weighted by atomic mass is 32.2. The van der Waals surface area contributed by atoms with Gasteiger partial charge in [0.05, 0.1) is 18.1 Å². The summed E-state index contributed by atoms with van der Waals surface area (Å²) in [6.07, 6.45) is 0.778. The highest BCUT2D eigenvalue weighted by Gasteiger charge is 2.22. The summed E-state index contributed by atoms with van der Waals surface area (Å²) in [6.45, 7) is 1.38. The van der Waals surface area contributed by atoms with Crippen LogP contribution in [0.15, 0.2) is 39.9 Å². The van der Waals surface area contributed by atoms with Gasteiger partial charge in [-0.3, -0.25) is 0 Å². The monoisotopic (exact) mass is 382 g/mol. The Morgan fingerprint density at radius 1 is 1.20 bits per heavy atom. The third-order valence-electron chi connectivity index (χ3n) is 4.05. The number of fused-ring (bicyclic) bond motifs is 1. The molecule has 0 aliphatic carbocycles. The molecule has 1 aromatic heterocycles. The van der Waals surface area contributed by atoms with Crippen molar-refractivity contribution in [1.82, 2.24) is 9.62 Å². The van der Waals surface area contributed by atoms with E-state index in [-0.39, 0.29) is 10.9 Å². The lowest BCUT2D eigenvalue weighted by Gasteiger charge is -2.24. The molecule has 1 aliphatic rings. The molecule has 0 bridgehead atoms. The Morgan fingerprint density at radius 3 is 2.64 bits per heavy atom. The second kappa shape index (κ2) is 7.74. The lowest BCUT2D eigenvalue weighted by Crippen LogP contribution is -2.34. The number of nitrogens with one attached hydrogen (secondary N) is 1. The molecule has 0 radical (unpaired) electrons. The summed E-state index contributed by atoms with van der Waals surface area (Å²) in [5.74, 6) is 1.06. The van der Waals surface area contributed by atoms with Crippen LogP contribution in [0.2, 0.25) is 0 Å². The number of hydrogen-bond acceptors (Lipinski definition) is 6. The van der Waals surface area contributed by atoms with Crippen LogP contribution < -0.4 is 14.2 Å². The van der Waals surface area contributed by atoms with Gasteiger partial charge in [0.1, 0.15) is 0 Å². The standard InChI is InChI=1S/C17H22N2O4S2/c1-19(2)15(13-6-9-24-12-13)11-18-25(20,21)14-4-5-16-17(10-14)23-8-3-7-22-16/h4-6,9-10,12,15,18H,3,7-8,11H2,1-2H3. The molecule has 1 aliphatic heterocycles. The molecule has 1 unspecified atom stereocenters. The van der Waals surface area contributed by atoms with E-state index in [1.54, 1.807) is 23.5 Å². The van der Waals surface area contributed by atoms with Gasteiger partial charge in [-0.1, -0.05) is 0 Å². The Hall–Kier alpha value is -1.61. The summed E-state index contributed by atoms with van der Waals surface area (Å²) in [7, 11) is 0.235. The first-order chi connectivity index (χ1) is 12.0. The largest absolute Gasteiger partial charge is 0.490 e. The Labute approximate surface area is 152 Å². The molecular weight excluding hydrogens is 360 g/mol. The van der Waals surface area contributed by atoms with Crippen LogP contribution >= 0.6 is 11.3 Å². The Morgan fingerprint density at radius 2 is 1.96 bits per heavy atom. The van der Waals surface area contributed by atoms with Crippen molar-refractivity contribution >= 4 is 21.4 Å². The van der Waals surface area contributed by atoms with E-state index in [4.69, 9.17) is 9.47 Å². The van der Waals surface area contributed by atoms with Crippen LogP contribution in [0.3, 0.4) is 0 Å². The third kappa shape index (κ3) is 4.33. The topological polar surface area (TPSA) is 67.9 Å². The second-order valence-corrected chi connectivity index (χ2v) is 8.59. The minimum atomic E-state index is -3.63. The molecule has 0 amide bonds. The third-order valence-corrected chi connectivity index (χ3v) is 6.17. The predicted octanol–water partition coefficient (Wildman–Crippen LogP) is 2.49. The summed E-state index contributed by atoms with van der Waals surface area (Å²) in [5, 5.41) is 4.02. The van der Waals surface area contributed by atoms with Crippen LogP contribution in [0.25, 0.3) is 0 Å². The van der Waals surface area contributed by atoms with E-state index < -0.39 is 10.0 Å². The zero-order valence-electron chi connectivity index (χ0n) is 14.3. The Balaban J connectivity index is 1.76. The van der Waals surface area contributed by atoms with Crippen LogP contribution in [-0.4, -0.2) is 47.2 Å². The molecule has 2 heterocycles. The van der Waals surface area contributed by atoms with Crippen molar-refractivity contribution in [3.05, 3.63) is 40.6 Å². The highest BCUT2D eigenvalue weighted by Crippen LogP contribution is 2.32. The molecule has 2 aromatic rings. The summed E-state index contributed by atoms with van der Waals surface area (Å²) < 4.78 is 39.2. The molecule has 1 N–H and O–H groups in total. The van der Waals surface area contributed by atoms with Crippen LogP contribution in [0.5, 0.6) is 11.5 Å². The van der Waals surface area contributed by atoms with Crippen molar-refractivity contribution in [3.63, 3.8) is 0 Å². The number of likely N-dealkylation sites (N-methyl/N-ethyl adjacent to an activating group) is 1. The zero-order valence-corrected chi connectivity index (χ0v) is 15.9. The Bertz CT molecular complexity index is 804. The maximum absolute atomic E-state index is 12.7.